The highest BCUT2D eigenvalue weighted by molar-refractivity contribution is 7.96. The highest BCUT2D eigenvalue weighted by Crippen LogP contribution is 2.00. The minimum atomic E-state index is -0.290. The lowest BCUT2D eigenvalue weighted by Crippen LogP contribution is -2.31. The second kappa shape index (κ2) is 9.74. The summed E-state index contributed by atoms with van der Waals surface area (Å²) in [5.41, 5.74) is 0. The second-order valence-electron chi connectivity index (χ2n) is 2.42. The number of carbonyl (C=O) groups is 2. The second-order valence-corrected chi connectivity index (χ2v) is 2.86. The van der Waals surface area contributed by atoms with Gasteiger partial charge in [0.15, 0.2) is 0 Å². The van der Waals surface area contributed by atoms with E-state index >= 15 is 0 Å². The zero-order valence-corrected chi connectivity index (χ0v) is 9.65. The van der Waals surface area contributed by atoms with E-state index in [1.807, 2.05) is 13.8 Å². The molecule has 0 rings (SSSR count). The van der Waals surface area contributed by atoms with Crippen LogP contribution in [0.5, 0.6) is 0 Å². The lowest BCUT2D eigenvalue weighted by Gasteiger charge is -2.09. The van der Waals surface area contributed by atoms with Crippen molar-refractivity contribution < 1.29 is 9.59 Å². The predicted octanol–water partition coefficient (Wildman–Crippen LogP) is 1.43. The highest BCUT2D eigenvalue weighted by atomic mass is 32.1. The van der Waals surface area contributed by atoms with Gasteiger partial charge in [-0.25, -0.2) is 0 Å². The van der Waals surface area contributed by atoms with E-state index in [1.54, 1.807) is 7.05 Å². The molecule has 0 saturated heterocycles. The van der Waals surface area contributed by atoms with E-state index in [0.717, 1.165) is 0 Å². The largest absolute Gasteiger partial charge is 0.310 e. The number of carbonyl (C=O) groups excluding carboxylic acids is 2. The van der Waals surface area contributed by atoms with Crippen LogP contribution < -0.4 is 5.32 Å². The van der Waals surface area contributed by atoms with Gasteiger partial charge >= 0.3 is 0 Å². The van der Waals surface area contributed by atoms with Crippen LogP contribution in [0.1, 0.15) is 33.6 Å². The Kier molecular flexibility index (Phi) is 11.3. The molecule has 0 bridgehead atoms. The Hall–Kier alpha value is -0.350. The number of rotatable bonds is 5. The van der Waals surface area contributed by atoms with E-state index in [0.29, 0.717) is 12.8 Å². The molecule has 1 N–H and O–H groups in total. The molecule has 0 radical (unpaired) electrons. The summed E-state index contributed by atoms with van der Waals surface area (Å²) in [5, 5.41) is 2.56. The average Bonchev–Trinajstić information content (AvgIpc) is 2.08. The number of ketones is 1. The van der Waals surface area contributed by atoms with Crippen molar-refractivity contribution >= 4 is 23.5 Å². The SMILES string of the molecule is CC.CNC(CCC(C)=O)C(=O)S. The number of hydrogen-bond donors (Lipinski definition) is 2. The molecule has 3 nitrogen and oxygen atoms in total. The van der Waals surface area contributed by atoms with Crippen LogP contribution in [0.4, 0.5) is 0 Å². The van der Waals surface area contributed by atoms with Crippen LogP contribution >= 0.6 is 12.6 Å². The van der Waals surface area contributed by atoms with E-state index in [-0.39, 0.29) is 16.9 Å². The van der Waals surface area contributed by atoms with Crippen LogP contribution in [0, 0.1) is 0 Å². The molecule has 13 heavy (non-hydrogen) atoms. The Morgan fingerprint density at radius 3 is 2.08 bits per heavy atom. The Balaban J connectivity index is 0. The van der Waals surface area contributed by atoms with Gasteiger partial charge in [-0.15, -0.1) is 12.6 Å². The summed E-state index contributed by atoms with van der Waals surface area (Å²) < 4.78 is 0. The van der Waals surface area contributed by atoms with Crippen LogP contribution in [-0.2, 0) is 9.59 Å². The molecular formula is C9H19NO2S. The van der Waals surface area contributed by atoms with Gasteiger partial charge in [0.1, 0.15) is 5.78 Å². The van der Waals surface area contributed by atoms with Crippen LogP contribution in [-0.4, -0.2) is 24.0 Å². The first-order valence-corrected chi connectivity index (χ1v) is 4.92. The van der Waals surface area contributed by atoms with Crippen molar-refractivity contribution in [1.29, 1.82) is 0 Å². The monoisotopic (exact) mass is 205 g/mol. The molecule has 0 aliphatic rings. The van der Waals surface area contributed by atoms with Gasteiger partial charge in [-0.3, -0.25) is 4.79 Å². The summed E-state index contributed by atoms with van der Waals surface area (Å²) in [6, 6.07) is -0.290. The molecule has 0 aromatic carbocycles. The minimum Gasteiger partial charge on any atom is -0.310 e. The summed E-state index contributed by atoms with van der Waals surface area (Å²) in [6.45, 7) is 5.51. The Morgan fingerprint density at radius 2 is 1.85 bits per heavy atom. The van der Waals surface area contributed by atoms with Crippen molar-refractivity contribution in [3.8, 4) is 0 Å². The number of nitrogens with one attached hydrogen (secondary N) is 1. The van der Waals surface area contributed by atoms with Crippen molar-refractivity contribution in [3.63, 3.8) is 0 Å². The third kappa shape index (κ3) is 9.56. The van der Waals surface area contributed by atoms with E-state index in [2.05, 4.69) is 17.9 Å². The van der Waals surface area contributed by atoms with Crippen molar-refractivity contribution in [1.82, 2.24) is 5.32 Å². The van der Waals surface area contributed by atoms with Gasteiger partial charge in [-0.2, -0.15) is 0 Å². The van der Waals surface area contributed by atoms with Crippen LogP contribution in [0.2, 0.25) is 0 Å². The summed E-state index contributed by atoms with van der Waals surface area (Å²) in [4.78, 5) is 21.2. The lowest BCUT2D eigenvalue weighted by molar-refractivity contribution is -0.117. The summed E-state index contributed by atoms with van der Waals surface area (Å²) in [6.07, 6.45) is 0.964. The van der Waals surface area contributed by atoms with E-state index in [9.17, 15) is 9.59 Å². The standard InChI is InChI=1S/C7H13NO2S.C2H6/c1-5(9)3-4-6(8-2)7(10)11;1-2/h6,8H,3-4H2,1-2H3,(H,10,11);1-2H3. The van der Waals surface area contributed by atoms with Gasteiger partial charge in [0.05, 0.1) is 6.04 Å². The summed E-state index contributed by atoms with van der Waals surface area (Å²) in [7, 11) is 1.68. The van der Waals surface area contributed by atoms with Crippen molar-refractivity contribution in [2.45, 2.75) is 39.7 Å². The number of Topliss-reactive ketones (excluding diaryl/α,β-unsaturated/α-hetero) is 1. The van der Waals surface area contributed by atoms with Gasteiger partial charge in [0, 0.05) is 6.42 Å². The predicted molar refractivity (Wildman–Crippen MR) is 58.1 cm³/mol. The molecule has 0 fully saturated rings. The van der Waals surface area contributed by atoms with Gasteiger partial charge in [0.25, 0.3) is 0 Å². The molecule has 0 saturated carbocycles. The normalized spacial score (nSPS) is 11.2. The maximum absolute atomic E-state index is 10.7. The molecule has 0 spiro atoms. The first-order chi connectivity index (χ1) is 6.07. The van der Waals surface area contributed by atoms with Crippen LogP contribution in [0.3, 0.4) is 0 Å². The first kappa shape index (κ1) is 15.1. The molecule has 0 aliphatic carbocycles. The minimum absolute atomic E-state index is 0.0971. The molecule has 0 aromatic rings. The summed E-state index contributed by atoms with van der Waals surface area (Å²) >= 11 is 3.66. The molecule has 1 unspecified atom stereocenters. The Morgan fingerprint density at radius 1 is 1.38 bits per heavy atom. The maximum Gasteiger partial charge on any atom is 0.202 e. The Labute approximate surface area is 85.7 Å². The average molecular weight is 205 g/mol. The molecule has 0 aliphatic heterocycles. The van der Waals surface area contributed by atoms with Gasteiger partial charge in [-0.1, -0.05) is 13.8 Å². The number of hydrogen-bond acceptors (Lipinski definition) is 3. The van der Waals surface area contributed by atoms with E-state index in [1.165, 1.54) is 6.92 Å². The van der Waals surface area contributed by atoms with Gasteiger partial charge in [0.2, 0.25) is 5.12 Å². The van der Waals surface area contributed by atoms with E-state index in [4.69, 9.17) is 0 Å². The number of likely N-dealkylation sites (N-methyl/N-ethyl adjacent to an activating group) is 1. The van der Waals surface area contributed by atoms with Crippen molar-refractivity contribution in [2.24, 2.45) is 0 Å². The fourth-order valence-corrected chi connectivity index (χ4v) is 0.997. The molecule has 1 atom stereocenters. The van der Waals surface area contributed by atoms with Gasteiger partial charge < -0.3 is 10.1 Å². The molecule has 0 heterocycles. The smallest absolute Gasteiger partial charge is 0.202 e. The molecule has 78 valence electrons. The molecule has 0 aromatic heterocycles. The Bertz CT molecular complexity index is 160. The van der Waals surface area contributed by atoms with Crippen molar-refractivity contribution in [2.75, 3.05) is 7.05 Å². The maximum atomic E-state index is 10.7. The number of thiol groups is 1. The highest BCUT2D eigenvalue weighted by Gasteiger charge is 2.12. The topological polar surface area (TPSA) is 46.2 Å². The van der Waals surface area contributed by atoms with Crippen molar-refractivity contribution in [3.05, 3.63) is 0 Å². The first-order valence-electron chi connectivity index (χ1n) is 4.47. The van der Waals surface area contributed by atoms with E-state index < -0.39 is 0 Å². The van der Waals surface area contributed by atoms with Crippen LogP contribution in [0.25, 0.3) is 0 Å². The third-order valence-corrected chi connectivity index (χ3v) is 1.74. The third-order valence-electron chi connectivity index (χ3n) is 1.43. The molecule has 0 amide bonds. The van der Waals surface area contributed by atoms with Crippen LogP contribution in [0.15, 0.2) is 0 Å². The molecule has 4 heteroatoms. The quantitative estimate of drug-likeness (QED) is 0.667. The zero-order valence-electron chi connectivity index (χ0n) is 8.76. The molecular weight excluding hydrogens is 186 g/mol. The fourth-order valence-electron chi connectivity index (χ4n) is 0.739. The lowest BCUT2D eigenvalue weighted by atomic mass is 10.1. The summed E-state index contributed by atoms with van der Waals surface area (Å²) in [5.74, 6) is 0.0971. The van der Waals surface area contributed by atoms with Gasteiger partial charge in [-0.05, 0) is 20.4 Å². The zero-order chi connectivity index (χ0) is 10.9. The fraction of sp³-hybridized carbons (Fsp3) is 0.778.